The number of halogens is 2. The first-order chi connectivity index (χ1) is 16.0. The average molecular weight is 662 g/mol. The summed E-state index contributed by atoms with van der Waals surface area (Å²) in [5, 5.41) is 0. The molecule has 4 aromatic heterocycles. The van der Waals surface area contributed by atoms with Crippen molar-refractivity contribution < 1.29 is 24.9 Å². The third-order valence-electron chi connectivity index (χ3n) is 4.29. The van der Waals surface area contributed by atoms with E-state index in [-0.39, 0.29) is 0 Å². The predicted octanol–water partition coefficient (Wildman–Crippen LogP) is 6.30. The van der Waals surface area contributed by atoms with Gasteiger partial charge in [0.2, 0.25) is 0 Å². The summed E-state index contributed by atoms with van der Waals surface area (Å²) in [6, 6.07) is 15.3. The second kappa shape index (κ2) is 14.5. The number of nitrogens with zero attached hydrogens (tertiary/aromatic N) is 4. The Morgan fingerprint density at radius 1 is 0.576 bits per heavy atom. The number of pyridine rings is 4. The first-order valence-electron chi connectivity index (χ1n) is 9.72. The van der Waals surface area contributed by atoms with Crippen molar-refractivity contribution in [2.24, 2.45) is 0 Å². The topological polar surface area (TPSA) is 70.0 Å². The fourth-order valence-electron chi connectivity index (χ4n) is 2.71. The summed E-state index contributed by atoms with van der Waals surface area (Å²) in [5.74, 6) is 1.52. The summed E-state index contributed by atoms with van der Waals surface area (Å²) in [6.07, 6.45) is 7.01. The van der Waals surface area contributed by atoms with Gasteiger partial charge >= 0.3 is 34.7 Å². The molecular weight excluding hydrogens is 637 g/mol. The number of methoxy groups -OCH3 is 2. The van der Waals surface area contributed by atoms with Crippen LogP contribution >= 0.6 is 19.3 Å². The van der Waals surface area contributed by atoms with Crippen LogP contribution in [0.4, 0.5) is 0 Å². The van der Waals surface area contributed by atoms with Crippen molar-refractivity contribution in [3.63, 3.8) is 0 Å². The number of hydrogen-bond donors (Lipinski definition) is 0. The molecule has 6 nitrogen and oxygen atoms in total. The van der Waals surface area contributed by atoms with Gasteiger partial charge < -0.3 is 9.47 Å². The van der Waals surface area contributed by atoms with Crippen molar-refractivity contribution in [3.05, 3.63) is 84.4 Å². The normalized spacial score (nSPS) is 9.76. The van der Waals surface area contributed by atoms with E-state index in [4.69, 9.17) is 28.7 Å². The van der Waals surface area contributed by atoms with Crippen LogP contribution in [0.25, 0.3) is 22.8 Å². The molecule has 4 aromatic rings. The summed E-state index contributed by atoms with van der Waals surface area (Å²) in [5.41, 5.74) is 5.82. The SMILES string of the molecule is COc1ccnc(-c2cc(OC)ccn2)c1.Cc1ccnc(-c2cc(C)ccn2)c1.[Cl][Os][Cl]. The van der Waals surface area contributed by atoms with Crippen LogP contribution in [0.5, 0.6) is 11.5 Å². The monoisotopic (exact) mass is 662 g/mol. The van der Waals surface area contributed by atoms with Crippen LogP contribution in [0.15, 0.2) is 73.3 Å². The van der Waals surface area contributed by atoms with E-state index in [0.717, 1.165) is 34.3 Å². The zero-order chi connectivity index (χ0) is 24.1. The van der Waals surface area contributed by atoms with Gasteiger partial charge in [0, 0.05) is 36.9 Å². The van der Waals surface area contributed by atoms with Crippen molar-refractivity contribution in [1.82, 2.24) is 19.9 Å². The van der Waals surface area contributed by atoms with Crippen LogP contribution in [0.3, 0.4) is 0 Å². The Balaban J connectivity index is 0.000000210. The Bertz CT molecular complexity index is 1060. The van der Waals surface area contributed by atoms with Gasteiger partial charge in [0.1, 0.15) is 11.5 Å². The van der Waals surface area contributed by atoms with Crippen LogP contribution in [0.2, 0.25) is 0 Å². The van der Waals surface area contributed by atoms with E-state index in [2.05, 4.69) is 33.8 Å². The van der Waals surface area contributed by atoms with Crippen molar-refractivity contribution >= 4 is 19.3 Å². The molecular formula is C24H24Cl2N4O2Os. The summed E-state index contributed by atoms with van der Waals surface area (Å²) in [6.45, 7) is 4.11. The van der Waals surface area contributed by atoms with Crippen LogP contribution in [0, 0.1) is 13.8 Å². The van der Waals surface area contributed by atoms with E-state index in [1.807, 2.05) is 48.8 Å². The molecule has 0 saturated carbocycles. The molecule has 4 heterocycles. The molecule has 33 heavy (non-hydrogen) atoms. The van der Waals surface area contributed by atoms with E-state index < -0.39 is 15.4 Å². The number of aromatic nitrogens is 4. The molecule has 0 aliphatic carbocycles. The average Bonchev–Trinajstić information content (AvgIpc) is 2.85. The Morgan fingerprint density at radius 3 is 1.18 bits per heavy atom. The standard InChI is InChI=1S/C12H12N2O2.C12H12N2.2ClH.Os/c1-15-9-3-5-13-11(7-9)12-8-10(16-2)4-6-14-12;1-9-3-5-13-11(7-9)12-8-10(2)4-6-14-12;;;/h3-8H,1-2H3;3-8H,1-2H3;2*1H;/q;;;;+2/p-2. The Hall–Kier alpha value is -2.58. The van der Waals surface area contributed by atoms with E-state index in [9.17, 15) is 0 Å². The van der Waals surface area contributed by atoms with Crippen molar-refractivity contribution in [1.29, 1.82) is 0 Å². The van der Waals surface area contributed by atoms with Gasteiger partial charge in [-0.1, -0.05) is 0 Å². The Kier molecular flexibility index (Phi) is 11.8. The fraction of sp³-hybridized carbons (Fsp3) is 0.167. The third kappa shape index (κ3) is 9.05. The molecule has 0 saturated heterocycles. The molecule has 0 atom stereocenters. The molecule has 0 aromatic carbocycles. The summed E-state index contributed by atoms with van der Waals surface area (Å²) in [7, 11) is 13.1. The van der Waals surface area contributed by atoms with Gasteiger partial charge in [-0.3, -0.25) is 19.9 Å². The van der Waals surface area contributed by atoms with Gasteiger partial charge in [0.05, 0.1) is 37.0 Å². The maximum atomic E-state index is 5.13. The number of ether oxygens (including phenoxy) is 2. The van der Waals surface area contributed by atoms with Gasteiger partial charge in [-0.05, 0) is 61.4 Å². The van der Waals surface area contributed by atoms with E-state index in [0.29, 0.717) is 0 Å². The molecule has 0 amide bonds. The molecule has 0 radical (unpaired) electrons. The van der Waals surface area contributed by atoms with E-state index >= 15 is 0 Å². The molecule has 9 heteroatoms. The summed E-state index contributed by atoms with van der Waals surface area (Å²) >= 11 is -0.639. The quantitative estimate of drug-likeness (QED) is 0.256. The molecule has 174 valence electrons. The Morgan fingerprint density at radius 2 is 0.879 bits per heavy atom. The van der Waals surface area contributed by atoms with Gasteiger partial charge in [-0.15, -0.1) is 0 Å². The number of aryl methyl sites for hydroxylation is 2. The third-order valence-corrected chi connectivity index (χ3v) is 4.29. The first kappa shape index (κ1) is 26.7. The van der Waals surface area contributed by atoms with Crippen molar-refractivity contribution in [2.75, 3.05) is 14.2 Å². The maximum absolute atomic E-state index is 5.13. The van der Waals surface area contributed by atoms with E-state index in [1.165, 1.54) is 11.1 Å². The molecule has 0 aliphatic heterocycles. The first-order valence-corrected chi connectivity index (χ1v) is 16.0. The minimum absolute atomic E-state index is 0.639. The molecule has 0 unspecified atom stereocenters. The van der Waals surface area contributed by atoms with Crippen molar-refractivity contribution in [2.45, 2.75) is 13.8 Å². The van der Waals surface area contributed by atoms with Gasteiger partial charge in [-0.2, -0.15) is 0 Å². The fourth-order valence-corrected chi connectivity index (χ4v) is 2.71. The minimum atomic E-state index is -0.639. The molecule has 0 spiro atoms. The van der Waals surface area contributed by atoms with E-state index in [1.54, 1.807) is 38.7 Å². The molecule has 0 bridgehead atoms. The number of rotatable bonds is 4. The Labute approximate surface area is 210 Å². The van der Waals surface area contributed by atoms with Crippen LogP contribution in [-0.2, 0) is 15.4 Å². The predicted molar refractivity (Wildman–Crippen MR) is 129 cm³/mol. The van der Waals surface area contributed by atoms with Gasteiger partial charge in [0.15, 0.2) is 0 Å². The zero-order valence-electron chi connectivity index (χ0n) is 18.6. The molecule has 0 fully saturated rings. The van der Waals surface area contributed by atoms with Crippen LogP contribution < -0.4 is 9.47 Å². The molecule has 0 N–H and O–H groups in total. The summed E-state index contributed by atoms with van der Waals surface area (Å²) in [4.78, 5) is 17.0. The summed E-state index contributed by atoms with van der Waals surface area (Å²) < 4.78 is 10.3. The van der Waals surface area contributed by atoms with Crippen LogP contribution in [-0.4, -0.2) is 34.2 Å². The zero-order valence-corrected chi connectivity index (χ0v) is 22.7. The molecule has 4 rings (SSSR count). The van der Waals surface area contributed by atoms with Crippen LogP contribution in [0.1, 0.15) is 11.1 Å². The van der Waals surface area contributed by atoms with Gasteiger partial charge in [-0.25, -0.2) is 0 Å². The molecule has 0 aliphatic rings. The van der Waals surface area contributed by atoms with Gasteiger partial charge in [0.25, 0.3) is 0 Å². The van der Waals surface area contributed by atoms with Crippen molar-refractivity contribution in [3.8, 4) is 34.3 Å². The second-order valence-corrected chi connectivity index (χ2v) is 10.3. The second-order valence-electron chi connectivity index (χ2n) is 6.65. The number of hydrogen-bond acceptors (Lipinski definition) is 6.